The number of aromatic nitrogens is 2. The topological polar surface area (TPSA) is 76.6 Å². The number of fused-ring (bicyclic) bond motifs is 1. The third-order valence-electron chi connectivity index (χ3n) is 5.93. The van der Waals surface area contributed by atoms with E-state index in [9.17, 15) is 5.11 Å². The number of aliphatic hydroxyl groups is 1. The van der Waals surface area contributed by atoms with Crippen LogP contribution in [0.5, 0.6) is 0 Å². The Morgan fingerprint density at radius 3 is 2.50 bits per heavy atom. The van der Waals surface area contributed by atoms with Gasteiger partial charge in [0.05, 0.1) is 6.67 Å². The van der Waals surface area contributed by atoms with Crippen LogP contribution in [0, 0.1) is 12.8 Å². The number of benzene rings is 2. The predicted octanol–water partition coefficient (Wildman–Crippen LogP) is 5.76. The molecule has 0 radical (unpaired) electrons. The van der Waals surface area contributed by atoms with Crippen molar-refractivity contribution in [2.45, 2.75) is 53.4 Å². The highest BCUT2D eigenvalue weighted by atomic mass is 35.5. The smallest absolute Gasteiger partial charge is 0.231 e. The van der Waals surface area contributed by atoms with E-state index in [-0.39, 0.29) is 12.0 Å². The van der Waals surface area contributed by atoms with Crippen molar-refractivity contribution in [1.82, 2.24) is 9.97 Å². The molecule has 0 spiro atoms. The lowest BCUT2D eigenvalue weighted by Gasteiger charge is -2.32. The van der Waals surface area contributed by atoms with E-state index < -0.39 is 6.23 Å². The SMILES string of the molecule is Cc1ccc(CN(c2nc(Nc3cccc(Cl)c3)c3c(n2)N(C(C)C)CN3)[C@@H](O)C(C)C)cc1. The summed E-state index contributed by atoms with van der Waals surface area (Å²) in [5, 5.41) is 18.7. The maximum Gasteiger partial charge on any atom is 0.231 e. The van der Waals surface area contributed by atoms with Crippen LogP contribution in [0.15, 0.2) is 48.5 Å². The Morgan fingerprint density at radius 1 is 1.12 bits per heavy atom. The Kier molecular flexibility index (Phi) is 7.14. The number of halogens is 1. The molecular weight excluding hydrogens is 448 g/mol. The Balaban J connectivity index is 1.80. The third-order valence-corrected chi connectivity index (χ3v) is 6.17. The monoisotopic (exact) mass is 480 g/mol. The van der Waals surface area contributed by atoms with E-state index in [1.54, 1.807) is 0 Å². The second-order valence-corrected chi connectivity index (χ2v) is 9.81. The van der Waals surface area contributed by atoms with Gasteiger partial charge in [-0.15, -0.1) is 0 Å². The molecule has 0 unspecified atom stereocenters. The van der Waals surface area contributed by atoms with Gasteiger partial charge in [-0.3, -0.25) is 0 Å². The van der Waals surface area contributed by atoms with Crippen molar-refractivity contribution in [3.8, 4) is 0 Å². The van der Waals surface area contributed by atoms with Gasteiger partial charge in [0, 0.05) is 23.3 Å². The van der Waals surface area contributed by atoms with Crippen molar-refractivity contribution < 1.29 is 5.11 Å². The first-order chi connectivity index (χ1) is 16.2. The van der Waals surface area contributed by atoms with Gasteiger partial charge < -0.3 is 25.5 Å². The van der Waals surface area contributed by atoms with Crippen molar-refractivity contribution in [1.29, 1.82) is 0 Å². The number of rotatable bonds is 8. The van der Waals surface area contributed by atoms with E-state index in [0.717, 1.165) is 22.8 Å². The van der Waals surface area contributed by atoms with Crippen molar-refractivity contribution in [2.24, 2.45) is 5.92 Å². The molecule has 1 aliphatic rings. The molecule has 0 saturated carbocycles. The van der Waals surface area contributed by atoms with E-state index in [1.807, 2.05) is 43.0 Å². The molecule has 8 heteroatoms. The van der Waals surface area contributed by atoms with E-state index in [4.69, 9.17) is 21.6 Å². The fourth-order valence-corrected chi connectivity index (χ4v) is 4.12. The molecule has 1 aliphatic heterocycles. The number of aliphatic hydroxyl groups excluding tert-OH is 1. The normalized spacial score (nSPS) is 13.7. The van der Waals surface area contributed by atoms with E-state index in [2.05, 4.69) is 60.6 Å². The summed E-state index contributed by atoms with van der Waals surface area (Å²) in [5.74, 6) is 1.93. The van der Waals surface area contributed by atoms with Gasteiger partial charge in [0.1, 0.15) is 11.9 Å². The summed E-state index contributed by atoms with van der Waals surface area (Å²) in [5.41, 5.74) is 3.95. The maximum absolute atomic E-state index is 11.2. The molecule has 180 valence electrons. The summed E-state index contributed by atoms with van der Waals surface area (Å²) >= 11 is 6.21. The van der Waals surface area contributed by atoms with Gasteiger partial charge in [0.15, 0.2) is 11.6 Å². The number of aryl methyl sites for hydroxylation is 1. The van der Waals surface area contributed by atoms with Crippen LogP contribution in [0.1, 0.15) is 38.8 Å². The van der Waals surface area contributed by atoms with Crippen LogP contribution < -0.4 is 20.4 Å². The second kappa shape index (κ2) is 10.1. The van der Waals surface area contributed by atoms with Gasteiger partial charge in [-0.2, -0.15) is 9.97 Å². The average molecular weight is 481 g/mol. The van der Waals surface area contributed by atoms with Gasteiger partial charge in [-0.1, -0.05) is 61.3 Å². The number of nitrogens with one attached hydrogen (secondary N) is 2. The first-order valence-corrected chi connectivity index (χ1v) is 12.1. The van der Waals surface area contributed by atoms with Gasteiger partial charge in [0.2, 0.25) is 5.95 Å². The zero-order valence-corrected chi connectivity index (χ0v) is 21.1. The van der Waals surface area contributed by atoms with Crippen LogP contribution in [-0.2, 0) is 6.54 Å². The summed E-state index contributed by atoms with van der Waals surface area (Å²) < 4.78 is 0. The molecule has 34 heavy (non-hydrogen) atoms. The molecule has 0 amide bonds. The van der Waals surface area contributed by atoms with Crippen molar-refractivity contribution in [2.75, 3.05) is 27.1 Å². The highest BCUT2D eigenvalue weighted by molar-refractivity contribution is 6.30. The second-order valence-electron chi connectivity index (χ2n) is 9.38. The lowest BCUT2D eigenvalue weighted by atomic mass is 10.1. The van der Waals surface area contributed by atoms with Gasteiger partial charge in [-0.25, -0.2) is 0 Å². The molecule has 7 nitrogen and oxygen atoms in total. The molecule has 3 aromatic rings. The zero-order chi connectivity index (χ0) is 24.4. The van der Waals surface area contributed by atoms with Crippen LogP contribution in [0.25, 0.3) is 0 Å². The van der Waals surface area contributed by atoms with Crippen LogP contribution in [-0.4, -0.2) is 34.0 Å². The van der Waals surface area contributed by atoms with E-state index in [1.165, 1.54) is 5.56 Å². The minimum absolute atomic E-state index is 0.00836. The minimum atomic E-state index is -0.750. The molecule has 0 aliphatic carbocycles. The fraction of sp³-hybridized carbons (Fsp3) is 0.385. The first-order valence-electron chi connectivity index (χ1n) is 11.7. The van der Waals surface area contributed by atoms with Crippen LogP contribution >= 0.6 is 11.6 Å². The van der Waals surface area contributed by atoms with Gasteiger partial charge in [-0.05, 0) is 50.5 Å². The number of hydrogen-bond donors (Lipinski definition) is 3. The number of hydrogen-bond acceptors (Lipinski definition) is 7. The standard InChI is InChI=1S/C26H33ClN6O/c1-16(2)25(34)32(14-19-11-9-18(5)10-12-19)26-30-23(29-21-8-6-7-20(27)13-21)22-24(31-26)33(15-28-22)17(3)4/h6-13,16-17,25,28,34H,14-15H2,1-5H3,(H,29,30,31)/t25-/m0/s1. The van der Waals surface area contributed by atoms with Crippen molar-refractivity contribution in [3.63, 3.8) is 0 Å². The molecule has 3 N–H and O–H groups in total. The molecule has 2 aromatic carbocycles. The predicted molar refractivity (Wildman–Crippen MR) is 141 cm³/mol. The third kappa shape index (κ3) is 5.21. The molecule has 0 bridgehead atoms. The molecule has 2 heterocycles. The fourth-order valence-electron chi connectivity index (χ4n) is 3.93. The summed E-state index contributed by atoms with van der Waals surface area (Å²) in [7, 11) is 0. The lowest BCUT2D eigenvalue weighted by Crippen LogP contribution is -2.40. The Labute approximate surface area is 206 Å². The molecule has 0 fully saturated rings. The Bertz CT molecular complexity index is 1130. The summed E-state index contributed by atoms with van der Waals surface area (Å²) in [6.07, 6.45) is -0.750. The van der Waals surface area contributed by atoms with Gasteiger partial charge in [0.25, 0.3) is 0 Å². The molecule has 4 rings (SSSR count). The molecular formula is C26H33ClN6O. The lowest BCUT2D eigenvalue weighted by molar-refractivity contribution is 0.117. The van der Waals surface area contributed by atoms with E-state index in [0.29, 0.717) is 30.0 Å². The van der Waals surface area contributed by atoms with E-state index >= 15 is 0 Å². The molecule has 1 atom stereocenters. The van der Waals surface area contributed by atoms with Gasteiger partial charge >= 0.3 is 0 Å². The van der Waals surface area contributed by atoms with Crippen molar-refractivity contribution >= 4 is 40.6 Å². The highest BCUT2D eigenvalue weighted by Crippen LogP contribution is 2.39. The number of anilines is 5. The Hall–Kier alpha value is -3.03. The van der Waals surface area contributed by atoms with Crippen LogP contribution in [0.4, 0.5) is 29.0 Å². The summed E-state index contributed by atoms with van der Waals surface area (Å²) in [6, 6.07) is 16.1. The minimum Gasteiger partial charge on any atom is -0.373 e. The largest absolute Gasteiger partial charge is 0.373 e. The summed E-state index contributed by atoms with van der Waals surface area (Å²) in [4.78, 5) is 13.9. The Morgan fingerprint density at radius 2 is 1.85 bits per heavy atom. The summed E-state index contributed by atoms with van der Waals surface area (Å²) in [6.45, 7) is 11.4. The highest BCUT2D eigenvalue weighted by Gasteiger charge is 2.30. The first kappa shape index (κ1) is 24.1. The maximum atomic E-state index is 11.2. The van der Waals surface area contributed by atoms with Crippen LogP contribution in [0.2, 0.25) is 5.02 Å². The van der Waals surface area contributed by atoms with Crippen molar-refractivity contribution in [3.05, 3.63) is 64.7 Å². The quantitative estimate of drug-likeness (QED) is 0.354. The average Bonchev–Trinajstić information content (AvgIpc) is 3.23. The van der Waals surface area contributed by atoms with Crippen LogP contribution in [0.3, 0.4) is 0 Å². The molecule has 0 saturated heterocycles. The molecule has 1 aromatic heterocycles. The zero-order valence-electron chi connectivity index (χ0n) is 20.4. The number of nitrogens with zero attached hydrogens (tertiary/aromatic N) is 4.